The second kappa shape index (κ2) is 7.66. The fourth-order valence-electron chi connectivity index (χ4n) is 3.56. The number of carbonyl (C=O) groups excluding carboxylic acids is 1. The van der Waals surface area contributed by atoms with Crippen molar-refractivity contribution >= 4 is 5.97 Å². The zero-order chi connectivity index (χ0) is 17.9. The Morgan fingerprint density at radius 1 is 1.50 bits per heavy atom. The second-order valence-electron chi connectivity index (χ2n) is 7.48. The normalized spacial score (nSPS) is 23.9. The number of nitrogens with one attached hydrogen (secondary N) is 1. The fourth-order valence-corrected chi connectivity index (χ4v) is 3.56. The van der Waals surface area contributed by atoms with Gasteiger partial charge in [-0.25, -0.2) is 0 Å². The van der Waals surface area contributed by atoms with E-state index in [4.69, 9.17) is 4.74 Å². The first-order valence-electron chi connectivity index (χ1n) is 8.83. The van der Waals surface area contributed by atoms with Crippen molar-refractivity contribution in [3.05, 3.63) is 17.0 Å². The molecule has 0 bridgehead atoms. The molecule has 0 saturated heterocycles. The highest BCUT2D eigenvalue weighted by Crippen LogP contribution is 2.37. The molecule has 1 aromatic rings. The molecule has 6 heteroatoms. The Morgan fingerprint density at radius 2 is 2.21 bits per heavy atom. The van der Waals surface area contributed by atoms with Gasteiger partial charge in [0.2, 0.25) is 0 Å². The molecule has 0 amide bonds. The second-order valence-corrected chi connectivity index (χ2v) is 7.48. The van der Waals surface area contributed by atoms with Gasteiger partial charge in [-0.3, -0.25) is 9.48 Å². The summed E-state index contributed by atoms with van der Waals surface area (Å²) >= 11 is 0. The van der Waals surface area contributed by atoms with Gasteiger partial charge in [0.15, 0.2) is 0 Å². The van der Waals surface area contributed by atoms with Crippen molar-refractivity contribution in [3.63, 3.8) is 0 Å². The summed E-state index contributed by atoms with van der Waals surface area (Å²) in [7, 11) is 0. The van der Waals surface area contributed by atoms with Crippen LogP contribution in [-0.4, -0.2) is 39.6 Å². The number of rotatable bonds is 7. The minimum Gasteiger partial charge on any atom is -0.462 e. The van der Waals surface area contributed by atoms with Crippen LogP contribution in [0, 0.1) is 19.3 Å². The van der Waals surface area contributed by atoms with Gasteiger partial charge in [-0.15, -0.1) is 0 Å². The summed E-state index contributed by atoms with van der Waals surface area (Å²) in [5, 5.41) is 17.7. The molecule has 0 spiro atoms. The summed E-state index contributed by atoms with van der Waals surface area (Å²) in [6.07, 6.45) is 3.17. The van der Waals surface area contributed by atoms with E-state index in [0.717, 1.165) is 36.2 Å². The van der Waals surface area contributed by atoms with Crippen LogP contribution in [0.3, 0.4) is 0 Å². The van der Waals surface area contributed by atoms with Crippen molar-refractivity contribution < 1.29 is 14.6 Å². The molecule has 1 aliphatic rings. The number of nitrogens with zero attached hydrogens (tertiary/aromatic N) is 2. The highest BCUT2D eigenvalue weighted by Gasteiger charge is 2.37. The van der Waals surface area contributed by atoms with E-state index in [0.29, 0.717) is 12.6 Å². The van der Waals surface area contributed by atoms with E-state index in [9.17, 15) is 9.90 Å². The molecule has 0 radical (unpaired) electrons. The van der Waals surface area contributed by atoms with E-state index in [1.165, 1.54) is 0 Å². The maximum atomic E-state index is 11.9. The Kier molecular flexibility index (Phi) is 6.04. The molecule has 2 N–H and O–H groups in total. The smallest absolute Gasteiger partial charge is 0.328 e. The van der Waals surface area contributed by atoms with Crippen molar-refractivity contribution in [2.45, 2.75) is 79.1 Å². The minimum atomic E-state index is -0.265. The first-order chi connectivity index (χ1) is 11.3. The van der Waals surface area contributed by atoms with E-state index < -0.39 is 0 Å². The summed E-state index contributed by atoms with van der Waals surface area (Å²) in [6.45, 7) is 10.8. The molecule has 1 aromatic heterocycles. The monoisotopic (exact) mass is 337 g/mol. The largest absolute Gasteiger partial charge is 0.462 e. The van der Waals surface area contributed by atoms with E-state index >= 15 is 0 Å². The average Bonchev–Trinajstić information content (AvgIpc) is 2.98. The molecule has 6 nitrogen and oxygen atoms in total. The minimum absolute atomic E-state index is 0.0428. The van der Waals surface area contributed by atoms with Gasteiger partial charge in [-0.1, -0.05) is 13.3 Å². The van der Waals surface area contributed by atoms with Gasteiger partial charge >= 0.3 is 5.97 Å². The maximum absolute atomic E-state index is 11.9. The van der Waals surface area contributed by atoms with Crippen molar-refractivity contribution in [1.29, 1.82) is 0 Å². The molecule has 0 aliphatic heterocycles. The summed E-state index contributed by atoms with van der Waals surface area (Å²) in [5.74, 6) is -0.265. The molecular formula is C18H31N3O3. The number of esters is 1. The summed E-state index contributed by atoms with van der Waals surface area (Å²) < 4.78 is 6.92. The number of hydrogen-bond acceptors (Lipinski definition) is 5. The highest BCUT2D eigenvalue weighted by atomic mass is 16.5. The van der Waals surface area contributed by atoms with Crippen molar-refractivity contribution in [2.24, 2.45) is 5.41 Å². The predicted octanol–water partition coefficient (Wildman–Crippen LogP) is 2.09. The van der Waals surface area contributed by atoms with Crippen LogP contribution in [0.15, 0.2) is 0 Å². The van der Waals surface area contributed by atoms with Crippen LogP contribution >= 0.6 is 0 Å². The fraction of sp³-hybridized carbons (Fsp3) is 0.778. The predicted molar refractivity (Wildman–Crippen MR) is 92.6 cm³/mol. The number of aliphatic hydroxyl groups is 1. The molecule has 136 valence electrons. The van der Waals surface area contributed by atoms with Gasteiger partial charge in [0, 0.05) is 35.9 Å². The van der Waals surface area contributed by atoms with Crippen LogP contribution in [0.4, 0.5) is 0 Å². The van der Waals surface area contributed by atoms with E-state index in [2.05, 4.69) is 17.3 Å². The van der Waals surface area contributed by atoms with E-state index in [1.54, 1.807) is 4.68 Å². The van der Waals surface area contributed by atoms with Crippen LogP contribution < -0.4 is 5.32 Å². The molecule has 1 aliphatic carbocycles. The number of aryl methyl sites for hydroxylation is 1. The molecule has 2 rings (SSSR count). The van der Waals surface area contributed by atoms with E-state index in [1.807, 2.05) is 27.7 Å². The number of aliphatic hydroxyl groups excluding tert-OH is 1. The first-order valence-corrected chi connectivity index (χ1v) is 8.83. The summed E-state index contributed by atoms with van der Waals surface area (Å²) in [6, 6.07) is 0.315. The lowest BCUT2D eigenvalue weighted by atomic mass is 9.85. The lowest BCUT2D eigenvalue weighted by molar-refractivity contribution is -0.148. The molecule has 2 atom stereocenters. The summed E-state index contributed by atoms with van der Waals surface area (Å²) in [5.41, 5.74) is 3.00. The molecule has 1 fully saturated rings. The van der Waals surface area contributed by atoms with Gasteiger partial charge < -0.3 is 15.2 Å². The molecule has 1 heterocycles. The number of ether oxygens (including phenoxy) is 1. The molecule has 1 saturated carbocycles. The molecule has 0 aromatic carbocycles. The Labute approximate surface area is 144 Å². The summed E-state index contributed by atoms with van der Waals surface area (Å²) in [4.78, 5) is 11.9. The standard InChI is InChI=1S/C18H31N3O3/c1-12(2)24-17(23)10-21-14(4)15(13(3)20-21)9-19-16-7-6-8-18(16,5)11-22/h12,16,19,22H,6-11H2,1-5H3. The average molecular weight is 337 g/mol. The molecule has 24 heavy (non-hydrogen) atoms. The van der Waals surface area contributed by atoms with Gasteiger partial charge in [-0.2, -0.15) is 5.10 Å². The lowest BCUT2D eigenvalue weighted by Gasteiger charge is -2.30. The van der Waals surface area contributed by atoms with Crippen LogP contribution in [0.5, 0.6) is 0 Å². The van der Waals surface area contributed by atoms with Crippen molar-refractivity contribution in [1.82, 2.24) is 15.1 Å². The van der Waals surface area contributed by atoms with Gasteiger partial charge in [-0.05, 0) is 40.5 Å². The van der Waals surface area contributed by atoms with Crippen molar-refractivity contribution in [3.8, 4) is 0 Å². The van der Waals surface area contributed by atoms with Crippen LogP contribution in [0.2, 0.25) is 0 Å². The number of hydrogen-bond donors (Lipinski definition) is 2. The van der Waals surface area contributed by atoms with Crippen LogP contribution in [0.1, 0.15) is 57.0 Å². The van der Waals surface area contributed by atoms with Gasteiger partial charge in [0.05, 0.1) is 11.8 Å². The van der Waals surface area contributed by atoms with E-state index in [-0.39, 0.29) is 30.6 Å². The van der Waals surface area contributed by atoms with Crippen molar-refractivity contribution in [2.75, 3.05) is 6.61 Å². The third kappa shape index (κ3) is 4.16. The van der Waals surface area contributed by atoms with Crippen LogP contribution in [0.25, 0.3) is 0 Å². The molecular weight excluding hydrogens is 306 g/mol. The maximum Gasteiger partial charge on any atom is 0.328 e. The SMILES string of the molecule is Cc1nn(CC(=O)OC(C)C)c(C)c1CNC1CCCC1(C)CO. The topological polar surface area (TPSA) is 76.4 Å². The van der Waals surface area contributed by atoms with Gasteiger partial charge in [0.1, 0.15) is 6.54 Å². The zero-order valence-electron chi connectivity index (χ0n) is 15.6. The Morgan fingerprint density at radius 3 is 2.83 bits per heavy atom. The third-order valence-corrected chi connectivity index (χ3v) is 5.15. The Hall–Kier alpha value is -1.40. The van der Waals surface area contributed by atoms with Crippen LogP contribution in [-0.2, 0) is 22.6 Å². The first kappa shape index (κ1) is 18.9. The molecule has 2 unspecified atom stereocenters. The Bertz CT molecular complexity index is 582. The highest BCUT2D eigenvalue weighted by molar-refractivity contribution is 5.69. The van der Waals surface area contributed by atoms with Gasteiger partial charge in [0.25, 0.3) is 0 Å². The number of carbonyl (C=O) groups is 1. The zero-order valence-corrected chi connectivity index (χ0v) is 15.6. The quantitative estimate of drug-likeness (QED) is 0.745. The lowest BCUT2D eigenvalue weighted by Crippen LogP contribution is -2.41. The Balaban J connectivity index is 2.02. The third-order valence-electron chi connectivity index (χ3n) is 5.15. The number of aromatic nitrogens is 2.